The van der Waals surface area contributed by atoms with E-state index in [9.17, 15) is 22.0 Å². The van der Waals surface area contributed by atoms with Crippen LogP contribution >= 0.6 is 0 Å². The van der Waals surface area contributed by atoms with Crippen molar-refractivity contribution < 1.29 is 22.0 Å². The molecule has 0 spiro atoms. The Balaban J connectivity index is 2.20. The summed E-state index contributed by atoms with van der Waals surface area (Å²) in [5, 5.41) is 0. The van der Waals surface area contributed by atoms with Gasteiger partial charge in [-0.25, -0.2) is 4.39 Å². The zero-order chi connectivity index (χ0) is 13.3. The molecule has 0 saturated heterocycles. The number of alkyl halides is 3. The van der Waals surface area contributed by atoms with Crippen LogP contribution in [0, 0.1) is 17.8 Å². The second-order valence-corrected chi connectivity index (χ2v) is 5.41. The standard InChI is InChI=1S/C13H17F5/c14-11(12(15)13(16,17)18)10-7-3-5-8-4-1-2-6-9(8)10/h8-10H,1-7H2/b12-11-/t8-,9+,10+/m1/s1. The van der Waals surface area contributed by atoms with Crippen molar-refractivity contribution in [2.45, 2.75) is 51.1 Å². The molecule has 2 aliphatic carbocycles. The predicted octanol–water partition coefficient (Wildman–Crippen LogP) is 5.31. The first-order valence-electron chi connectivity index (χ1n) is 6.53. The molecular formula is C13H17F5. The molecule has 2 fully saturated rings. The maximum atomic E-state index is 13.7. The van der Waals surface area contributed by atoms with Crippen LogP contribution in [0.2, 0.25) is 0 Å². The normalized spacial score (nSPS) is 34.8. The van der Waals surface area contributed by atoms with E-state index < -0.39 is 23.7 Å². The largest absolute Gasteiger partial charge is 0.445 e. The van der Waals surface area contributed by atoms with Crippen molar-refractivity contribution in [1.82, 2.24) is 0 Å². The van der Waals surface area contributed by atoms with E-state index in [1.807, 2.05) is 0 Å². The summed E-state index contributed by atoms with van der Waals surface area (Å²) in [5.41, 5.74) is 0. The average molecular weight is 268 g/mol. The molecular weight excluding hydrogens is 251 g/mol. The smallest absolute Gasteiger partial charge is 0.208 e. The number of halogens is 5. The van der Waals surface area contributed by atoms with Crippen molar-refractivity contribution in [3.63, 3.8) is 0 Å². The van der Waals surface area contributed by atoms with Gasteiger partial charge >= 0.3 is 6.18 Å². The van der Waals surface area contributed by atoms with Crippen molar-refractivity contribution in [3.05, 3.63) is 11.7 Å². The van der Waals surface area contributed by atoms with Crippen LogP contribution in [-0.4, -0.2) is 6.18 Å². The summed E-state index contributed by atoms with van der Waals surface area (Å²) >= 11 is 0. The number of hydrogen-bond donors (Lipinski definition) is 0. The molecule has 0 aromatic carbocycles. The van der Waals surface area contributed by atoms with Gasteiger partial charge in [0, 0.05) is 5.92 Å². The van der Waals surface area contributed by atoms with Crippen LogP contribution in [0.5, 0.6) is 0 Å². The minimum absolute atomic E-state index is 0.0967. The lowest BCUT2D eigenvalue weighted by Gasteiger charge is -2.40. The molecule has 0 unspecified atom stereocenters. The monoisotopic (exact) mass is 268 g/mol. The van der Waals surface area contributed by atoms with Crippen molar-refractivity contribution in [2.75, 3.05) is 0 Å². The minimum Gasteiger partial charge on any atom is -0.208 e. The van der Waals surface area contributed by atoms with Crippen LogP contribution in [0.25, 0.3) is 0 Å². The molecule has 0 bridgehead atoms. The van der Waals surface area contributed by atoms with E-state index in [1.165, 1.54) is 0 Å². The summed E-state index contributed by atoms with van der Waals surface area (Å²) in [6, 6.07) is 0. The lowest BCUT2D eigenvalue weighted by Crippen LogP contribution is -2.32. The molecule has 0 aromatic rings. The highest BCUT2D eigenvalue weighted by atomic mass is 19.4. The van der Waals surface area contributed by atoms with Gasteiger partial charge in [0.1, 0.15) is 5.83 Å². The Morgan fingerprint density at radius 2 is 1.44 bits per heavy atom. The lowest BCUT2D eigenvalue weighted by atomic mass is 9.65. The molecule has 0 aromatic heterocycles. The van der Waals surface area contributed by atoms with Gasteiger partial charge in [0.2, 0.25) is 5.83 Å². The van der Waals surface area contributed by atoms with Gasteiger partial charge in [0.25, 0.3) is 0 Å². The van der Waals surface area contributed by atoms with Gasteiger partial charge in [-0.3, -0.25) is 0 Å². The van der Waals surface area contributed by atoms with Crippen LogP contribution in [0.3, 0.4) is 0 Å². The summed E-state index contributed by atoms with van der Waals surface area (Å²) < 4.78 is 63.4. The molecule has 2 saturated carbocycles. The topological polar surface area (TPSA) is 0 Å². The number of rotatable bonds is 1. The second-order valence-electron chi connectivity index (χ2n) is 5.41. The molecule has 18 heavy (non-hydrogen) atoms. The van der Waals surface area contributed by atoms with Crippen molar-refractivity contribution in [2.24, 2.45) is 17.8 Å². The number of hydrogen-bond acceptors (Lipinski definition) is 0. The third-order valence-corrected chi connectivity index (χ3v) is 4.36. The zero-order valence-electron chi connectivity index (χ0n) is 10.1. The summed E-state index contributed by atoms with van der Waals surface area (Å²) in [6.45, 7) is 0. The highest BCUT2D eigenvalue weighted by Gasteiger charge is 2.44. The van der Waals surface area contributed by atoms with Gasteiger partial charge < -0.3 is 0 Å². The summed E-state index contributed by atoms with van der Waals surface area (Å²) in [7, 11) is 0. The van der Waals surface area contributed by atoms with Crippen LogP contribution in [0.4, 0.5) is 22.0 Å². The molecule has 5 heteroatoms. The average Bonchev–Trinajstić information content (AvgIpc) is 2.35. The molecule has 2 aliphatic rings. The first-order chi connectivity index (χ1) is 8.41. The molecule has 3 atom stereocenters. The fraction of sp³-hybridized carbons (Fsp3) is 0.846. The quantitative estimate of drug-likeness (QED) is 0.566. The molecule has 0 radical (unpaired) electrons. The van der Waals surface area contributed by atoms with E-state index in [4.69, 9.17) is 0 Å². The van der Waals surface area contributed by atoms with Crippen molar-refractivity contribution in [3.8, 4) is 0 Å². The molecule has 2 rings (SSSR count). The highest BCUT2D eigenvalue weighted by Crippen LogP contribution is 2.48. The maximum absolute atomic E-state index is 13.7. The van der Waals surface area contributed by atoms with Gasteiger partial charge in [-0.05, 0) is 24.7 Å². The molecule has 104 valence electrons. The van der Waals surface area contributed by atoms with Gasteiger partial charge in [-0.15, -0.1) is 0 Å². The Morgan fingerprint density at radius 3 is 2.11 bits per heavy atom. The second kappa shape index (κ2) is 5.17. The van der Waals surface area contributed by atoms with Crippen LogP contribution in [0.15, 0.2) is 11.7 Å². The van der Waals surface area contributed by atoms with Crippen molar-refractivity contribution >= 4 is 0 Å². The Hall–Kier alpha value is -0.610. The summed E-state index contributed by atoms with van der Waals surface area (Å²) in [6.07, 6.45) is 0.449. The van der Waals surface area contributed by atoms with E-state index >= 15 is 0 Å². The van der Waals surface area contributed by atoms with Gasteiger partial charge in [0.05, 0.1) is 0 Å². The van der Waals surface area contributed by atoms with Gasteiger partial charge in [0.15, 0.2) is 0 Å². The van der Waals surface area contributed by atoms with Gasteiger partial charge in [-0.1, -0.05) is 32.1 Å². The highest BCUT2D eigenvalue weighted by molar-refractivity contribution is 5.12. The van der Waals surface area contributed by atoms with E-state index in [0.29, 0.717) is 12.8 Å². The molecule has 0 N–H and O–H groups in total. The molecule has 0 amide bonds. The molecule has 0 aliphatic heterocycles. The van der Waals surface area contributed by atoms with E-state index in [0.717, 1.165) is 32.1 Å². The Bertz CT molecular complexity index is 329. The first kappa shape index (κ1) is 13.8. The maximum Gasteiger partial charge on any atom is 0.445 e. The number of fused-ring (bicyclic) bond motifs is 1. The zero-order valence-corrected chi connectivity index (χ0v) is 10.1. The Kier molecular flexibility index (Phi) is 3.97. The fourth-order valence-electron chi connectivity index (χ4n) is 3.55. The lowest BCUT2D eigenvalue weighted by molar-refractivity contribution is -0.112. The van der Waals surface area contributed by atoms with Crippen LogP contribution in [-0.2, 0) is 0 Å². The van der Waals surface area contributed by atoms with E-state index in [1.54, 1.807) is 0 Å². The summed E-state index contributed by atoms with van der Waals surface area (Å²) in [5.74, 6) is -4.74. The van der Waals surface area contributed by atoms with Gasteiger partial charge in [-0.2, -0.15) is 17.6 Å². The number of allylic oxidation sites excluding steroid dienone is 2. The predicted molar refractivity (Wildman–Crippen MR) is 58.1 cm³/mol. The van der Waals surface area contributed by atoms with Crippen LogP contribution < -0.4 is 0 Å². The minimum atomic E-state index is -5.19. The Morgan fingerprint density at radius 1 is 0.833 bits per heavy atom. The third-order valence-electron chi connectivity index (χ3n) is 4.36. The SMILES string of the molecule is F/C(=C(\F)C(F)(F)F)[C@H]1CCC[C@H]2CCCC[C@@H]21. The molecule has 0 heterocycles. The first-order valence-corrected chi connectivity index (χ1v) is 6.53. The van der Waals surface area contributed by atoms with Crippen LogP contribution in [0.1, 0.15) is 44.9 Å². The summed E-state index contributed by atoms with van der Waals surface area (Å²) in [4.78, 5) is 0. The molecule has 0 nitrogen and oxygen atoms in total. The third kappa shape index (κ3) is 2.69. The van der Waals surface area contributed by atoms with E-state index in [-0.39, 0.29) is 11.8 Å². The fourth-order valence-corrected chi connectivity index (χ4v) is 3.55. The van der Waals surface area contributed by atoms with Crippen molar-refractivity contribution in [1.29, 1.82) is 0 Å². The van der Waals surface area contributed by atoms with E-state index in [2.05, 4.69) is 0 Å². The Labute approximate surface area is 103 Å².